The van der Waals surface area contributed by atoms with Gasteiger partial charge in [0.1, 0.15) is 0 Å². The van der Waals surface area contributed by atoms with E-state index in [4.69, 9.17) is 10.5 Å². The van der Waals surface area contributed by atoms with Gasteiger partial charge in [-0.15, -0.1) is 0 Å². The van der Waals surface area contributed by atoms with Crippen LogP contribution in [0.5, 0.6) is 0 Å². The van der Waals surface area contributed by atoms with E-state index in [2.05, 4.69) is 4.90 Å². The Bertz CT molecular complexity index is 213. The minimum Gasteiger partial charge on any atom is -0.383 e. The van der Waals surface area contributed by atoms with Gasteiger partial charge in [-0.2, -0.15) is 0 Å². The van der Waals surface area contributed by atoms with Crippen LogP contribution in [0, 0.1) is 11.8 Å². The van der Waals surface area contributed by atoms with Crippen LogP contribution in [0.1, 0.15) is 26.2 Å². The predicted octanol–water partition coefficient (Wildman–Crippen LogP) is 0.856. The molecule has 0 aromatic rings. The van der Waals surface area contributed by atoms with Gasteiger partial charge in [0.15, 0.2) is 0 Å². The van der Waals surface area contributed by atoms with E-state index in [1.54, 1.807) is 7.11 Å². The van der Waals surface area contributed by atoms with Crippen LogP contribution < -0.4 is 5.73 Å². The van der Waals surface area contributed by atoms with Gasteiger partial charge in [0.05, 0.1) is 6.61 Å². The molecular formula is C12H24N2O2. The number of amides is 1. The van der Waals surface area contributed by atoms with Crippen LogP contribution in [0.3, 0.4) is 0 Å². The van der Waals surface area contributed by atoms with Crippen molar-refractivity contribution in [2.24, 2.45) is 17.6 Å². The number of nitrogens with zero attached hydrogens (tertiary/aromatic N) is 1. The molecule has 1 amide bonds. The van der Waals surface area contributed by atoms with Crippen LogP contribution in [-0.2, 0) is 9.53 Å². The molecule has 1 heterocycles. The van der Waals surface area contributed by atoms with Gasteiger partial charge in [-0.25, -0.2) is 0 Å². The second-order valence-electron chi connectivity index (χ2n) is 4.82. The number of likely N-dealkylation sites (tertiary alicyclic amines) is 1. The van der Waals surface area contributed by atoms with E-state index < -0.39 is 0 Å². The Labute approximate surface area is 98.1 Å². The Morgan fingerprint density at radius 3 is 2.62 bits per heavy atom. The highest BCUT2D eigenvalue weighted by molar-refractivity contribution is 5.76. The SMILES string of the molecule is COCCN1CCC(CC(C)C(N)=O)CC1. The maximum atomic E-state index is 11.0. The van der Waals surface area contributed by atoms with E-state index >= 15 is 0 Å². The van der Waals surface area contributed by atoms with E-state index in [-0.39, 0.29) is 11.8 Å². The van der Waals surface area contributed by atoms with Gasteiger partial charge in [0.2, 0.25) is 5.91 Å². The smallest absolute Gasteiger partial charge is 0.220 e. The molecule has 0 spiro atoms. The number of rotatable bonds is 6. The number of ether oxygens (including phenoxy) is 1. The third-order valence-corrected chi connectivity index (χ3v) is 3.49. The lowest BCUT2D eigenvalue weighted by Crippen LogP contribution is -2.37. The summed E-state index contributed by atoms with van der Waals surface area (Å²) < 4.78 is 5.06. The molecule has 0 saturated carbocycles. The van der Waals surface area contributed by atoms with Gasteiger partial charge in [0, 0.05) is 19.6 Å². The first kappa shape index (κ1) is 13.5. The molecule has 1 rings (SSSR count). The predicted molar refractivity (Wildman–Crippen MR) is 64.0 cm³/mol. The van der Waals surface area contributed by atoms with Crippen molar-refractivity contribution >= 4 is 5.91 Å². The summed E-state index contributed by atoms with van der Waals surface area (Å²) in [7, 11) is 1.74. The molecule has 0 aromatic carbocycles. The molecule has 1 aliphatic heterocycles. The third-order valence-electron chi connectivity index (χ3n) is 3.49. The molecule has 2 N–H and O–H groups in total. The van der Waals surface area contributed by atoms with Crippen LogP contribution in [0.2, 0.25) is 0 Å². The van der Waals surface area contributed by atoms with Crippen molar-refractivity contribution in [2.75, 3.05) is 33.4 Å². The zero-order chi connectivity index (χ0) is 12.0. The molecule has 1 unspecified atom stereocenters. The number of carbonyl (C=O) groups is 1. The fourth-order valence-electron chi connectivity index (χ4n) is 2.28. The maximum Gasteiger partial charge on any atom is 0.220 e. The number of hydrogen-bond donors (Lipinski definition) is 1. The summed E-state index contributed by atoms with van der Waals surface area (Å²) in [4.78, 5) is 13.4. The topological polar surface area (TPSA) is 55.6 Å². The molecule has 0 aromatic heterocycles. The lowest BCUT2D eigenvalue weighted by Gasteiger charge is -2.32. The van der Waals surface area contributed by atoms with Crippen molar-refractivity contribution in [2.45, 2.75) is 26.2 Å². The molecule has 0 aliphatic carbocycles. The standard InChI is InChI=1S/C12H24N2O2/c1-10(12(13)15)9-11-3-5-14(6-4-11)7-8-16-2/h10-11H,3-9H2,1-2H3,(H2,13,15). The number of hydrogen-bond acceptors (Lipinski definition) is 3. The van der Waals surface area contributed by atoms with Crippen molar-refractivity contribution < 1.29 is 9.53 Å². The summed E-state index contributed by atoms with van der Waals surface area (Å²) in [6, 6.07) is 0. The quantitative estimate of drug-likeness (QED) is 0.733. The lowest BCUT2D eigenvalue weighted by molar-refractivity contribution is -0.121. The molecule has 4 nitrogen and oxygen atoms in total. The van der Waals surface area contributed by atoms with Gasteiger partial charge < -0.3 is 15.4 Å². The van der Waals surface area contributed by atoms with E-state index in [1.165, 1.54) is 12.8 Å². The second-order valence-corrected chi connectivity index (χ2v) is 4.82. The summed E-state index contributed by atoms with van der Waals surface area (Å²) in [5.74, 6) is 0.527. The van der Waals surface area contributed by atoms with Crippen LogP contribution in [0.4, 0.5) is 0 Å². The molecule has 1 fully saturated rings. The molecule has 1 atom stereocenters. The third kappa shape index (κ3) is 4.49. The average molecular weight is 228 g/mol. The van der Waals surface area contributed by atoms with Gasteiger partial charge in [-0.05, 0) is 38.3 Å². The minimum atomic E-state index is -0.165. The van der Waals surface area contributed by atoms with Crippen molar-refractivity contribution in [3.63, 3.8) is 0 Å². The number of piperidine rings is 1. The van der Waals surface area contributed by atoms with Crippen LogP contribution >= 0.6 is 0 Å². The fraction of sp³-hybridized carbons (Fsp3) is 0.917. The lowest BCUT2D eigenvalue weighted by atomic mass is 9.87. The number of nitrogens with two attached hydrogens (primary N) is 1. The largest absolute Gasteiger partial charge is 0.383 e. The number of methoxy groups -OCH3 is 1. The van der Waals surface area contributed by atoms with E-state index in [0.717, 1.165) is 32.7 Å². The Morgan fingerprint density at radius 1 is 1.50 bits per heavy atom. The maximum absolute atomic E-state index is 11.0. The Hall–Kier alpha value is -0.610. The number of primary amides is 1. The molecule has 1 saturated heterocycles. The van der Waals surface area contributed by atoms with Crippen LogP contribution in [-0.4, -0.2) is 44.2 Å². The van der Waals surface area contributed by atoms with Gasteiger partial charge in [0.25, 0.3) is 0 Å². The fourth-order valence-corrected chi connectivity index (χ4v) is 2.28. The van der Waals surface area contributed by atoms with E-state index in [1.807, 2.05) is 6.92 Å². The zero-order valence-electron chi connectivity index (χ0n) is 10.4. The van der Waals surface area contributed by atoms with Crippen LogP contribution in [0.25, 0.3) is 0 Å². The summed E-state index contributed by atoms with van der Waals surface area (Å²) in [6.45, 7) is 6.01. The van der Waals surface area contributed by atoms with E-state index in [0.29, 0.717) is 5.92 Å². The second kappa shape index (κ2) is 6.86. The zero-order valence-corrected chi connectivity index (χ0v) is 10.4. The molecule has 16 heavy (non-hydrogen) atoms. The minimum absolute atomic E-state index is 0.0236. The van der Waals surface area contributed by atoms with Gasteiger partial charge in [-0.1, -0.05) is 6.92 Å². The summed E-state index contributed by atoms with van der Waals surface area (Å²) in [5.41, 5.74) is 5.28. The first-order valence-electron chi connectivity index (χ1n) is 6.14. The molecule has 0 radical (unpaired) electrons. The van der Waals surface area contributed by atoms with E-state index in [9.17, 15) is 4.79 Å². The highest BCUT2D eigenvalue weighted by Gasteiger charge is 2.22. The molecule has 94 valence electrons. The molecule has 0 bridgehead atoms. The average Bonchev–Trinajstić information content (AvgIpc) is 2.28. The summed E-state index contributed by atoms with van der Waals surface area (Å²) in [6.07, 6.45) is 3.32. The molecule has 1 aliphatic rings. The Morgan fingerprint density at radius 2 is 2.12 bits per heavy atom. The highest BCUT2D eigenvalue weighted by Crippen LogP contribution is 2.23. The van der Waals surface area contributed by atoms with Crippen LogP contribution in [0.15, 0.2) is 0 Å². The van der Waals surface area contributed by atoms with Crippen molar-refractivity contribution in [1.82, 2.24) is 4.90 Å². The van der Waals surface area contributed by atoms with Crippen molar-refractivity contribution in [1.29, 1.82) is 0 Å². The summed E-state index contributed by atoms with van der Waals surface area (Å²) >= 11 is 0. The molecule has 4 heteroatoms. The highest BCUT2D eigenvalue weighted by atomic mass is 16.5. The van der Waals surface area contributed by atoms with Gasteiger partial charge in [-0.3, -0.25) is 4.79 Å². The Kier molecular flexibility index (Phi) is 5.77. The molecular weight excluding hydrogens is 204 g/mol. The monoisotopic (exact) mass is 228 g/mol. The summed E-state index contributed by atoms with van der Waals surface area (Å²) in [5, 5.41) is 0. The van der Waals surface area contributed by atoms with Crippen molar-refractivity contribution in [3.05, 3.63) is 0 Å². The number of carbonyl (C=O) groups excluding carboxylic acids is 1. The van der Waals surface area contributed by atoms with Gasteiger partial charge >= 0.3 is 0 Å². The first-order valence-corrected chi connectivity index (χ1v) is 6.14. The first-order chi connectivity index (χ1) is 7.63. The Balaban J connectivity index is 2.19. The normalized spacial score (nSPS) is 20.9. The van der Waals surface area contributed by atoms with Crippen molar-refractivity contribution in [3.8, 4) is 0 Å².